The van der Waals surface area contributed by atoms with E-state index in [-0.39, 0.29) is 30.6 Å². The van der Waals surface area contributed by atoms with Gasteiger partial charge in [0.05, 0.1) is 12.1 Å². The Morgan fingerprint density at radius 1 is 0.952 bits per heavy atom. The van der Waals surface area contributed by atoms with Gasteiger partial charge in [-0.05, 0) is 31.0 Å². The number of hydrogen-bond donors (Lipinski definition) is 4. The Bertz CT molecular complexity index is 1570. The molecule has 4 aromatic rings. The van der Waals surface area contributed by atoms with Crippen LogP contribution >= 0.6 is 22.7 Å². The van der Waals surface area contributed by atoms with E-state index >= 15 is 0 Å². The average molecular weight is 608 g/mol. The molecular weight excluding hydrogens is 578 g/mol. The predicted molar refractivity (Wildman–Crippen MR) is 158 cm³/mol. The van der Waals surface area contributed by atoms with Crippen molar-refractivity contribution in [1.29, 1.82) is 0 Å². The van der Waals surface area contributed by atoms with E-state index < -0.39 is 30.0 Å². The van der Waals surface area contributed by atoms with Crippen LogP contribution in [-0.4, -0.2) is 51.7 Å². The van der Waals surface area contributed by atoms with Crippen molar-refractivity contribution in [1.82, 2.24) is 25.9 Å². The van der Waals surface area contributed by atoms with Crippen molar-refractivity contribution in [2.75, 3.05) is 6.79 Å². The van der Waals surface area contributed by atoms with Gasteiger partial charge in [0.15, 0.2) is 11.5 Å². The lowest BCUT2D eigenvalue weighted by atomic mass is 10.1. The summed E-state index contributed by atoms with van der Waals surface area (Å²) in [5.74, 6) is -0.205. The van der Waals surface area contributed by atoms with E-state index in [9.17, 15) is 19.5 Å². The van der Waals surface area contributed by atoms with Crippen molar-refractivity contribution in [2.24, 2.45) is 0 Å². The standard InChI is InChI=1S/C29H29N5O6S2/c1-3-19(29-33-20(13-42-29)25(36)30-12-17-9-10-22-23(11-17)40-15-39-22)31-27(38)24(16(2)35)34-26(37)21-14-41-28(32-21)18-7-5-4-6-8-18/h4-11,13-14,16,19,24,35H,3,12,15H2,1-2H3,(H,30,36)(H,31,38)(H,34,37)/t16-,19-,24+/m1/s1. The van der Waals surface area contributed by atoms with E-state index in [1.807, 2.05) is 49.4 Å². The second kappa shape index (κ2) is 13.1. The van der Waals surface area contributed by atoms with Gasteiger partial charge in [-0.25, -0.2) is 9.97 Å². The molecule has 3 atom stereocenters. The summed E-state index contributed by atoms with van der Waals surface area (Å²) in [6.45, 7) is 3.74. The van der Waals surface area contributed by atoms with Crippen LogP contribution in [0.1, 0.15) is 57.9 Å². The number of fused-ring (bicyclic) bond motifs is 1. The molecular formula is C29H29N5O6S2. The minimum absolute atomic E-state index is 0.153. The average Bonchev–Trinajstić information content (AvgIpc) is 3.78. The second-order valence-electron chi connectivity index (χ2n) is 9.51. The molecule has 0 radical (unpaired) electrons. The number of hydrogen-bond acceptors (Lipinski definition) is 10. The van der Waals surface area contributed by atoms with E-state index in [1.165, 1.54) is 29.6 Å². The van der Waals surface area contributed by atoms with Crippen LogP contribution in [0.5, 0.6) is 11.5 Å². The number of benzene rings is 2. The number of thiazole rings is 2. The summed E-state index contributed by atoms with van der Waals surface area (Å²) in [6, 6.07) is 13.1. The van der Waals surface area contributed by atoms with Crippen LogP contribution in [0.3, 0.4) is 0 Å². The molecule has 13 heteroatoms. The Morgan fingerprint density at radius 3 is 2.45 bits per heavy atom. The fourth-order valence-electron chi connectivity index (χ4n) is 4.19. The second-order valence-corrected chi connectivity index (χ2v) is 11.3. The van der Waals surface area contributed by atoms with Crippen LogP contribution in [0.15, 0.2) is 59.3 Å². The highest BCUT2D eigenvalue weighted by Gasteiger charge is 2.29. The molecule has 1 aliphatic heterocycles. The maximum atomic E-state index is 13.2. The highest BCUT2D eigenvalue weighted by Crippen LogP contribution is 2.32. The highest BCUT2D eigenvalue weighted by molar-refractivity contribution is 7.13. The van der Waals surface area contributed by atoms with Gasteiger partial charge in [-0.3, -0.25) is 14.4 Å². The number of carbonyl (C=O) groups is 3. The van der Waals surface area contributed by atoms with Gasteiger partial charge in [0, 0.05) is 22.9 Å². The maximum absolute atomic E-state index is 13.2. The molecule has 2 aromatic carbocycles. The number of nitrogens with zero attached hydrogens (tertiary/aromatic N) is 2. The largest absolute Gasteiger partial charge is 0.454 e. The number of amides is 3. The monoisotopic (exact) mass is 607 g/mol. The van der Waals surface area contributed by atoms with Gasteiger partial charge in [0.1, 0.15) is 27.4 Å². The molecule has 218 valence electrons. The molecule has 1 aliphatic rings. The van der Waals surface area contributed by atoms with Gasteiger partial charge in [0.25, 0.3) is 11.8 Å². The first-order chi connectivity index (χ1) is 20.3. The quantitative estimate of drug-likeness (QED) is 0.202. The summed E-state index contributed by atoms with van der Waals surface area (Å²) in [4.78, 5) is 47.6. The molecule has 5 rings (SSSR count). The van der Waals surface area contributed by atoms with Gasteiger partial charge in [-0.1, -0.05) is 43.3 Å². The smallest absolute Gasteiger partial charge is 0.271 e. The van der Waals surface area contributed by atoms with Crippen LogP contribution in [-0.2, 0) is 11.3 Å². The molecule has 0 spiro atoms. The van der Waals surface area contributed by atoms with Crippen molar-refractivity contribution in [3.8, 4) is 22.1 Å². The molecule has 0 saturated carbocycles. The van der Waals surface area contributed by atoms with Crippen LogP contribution in [0.4, 0.5) is 0 Å². The normalized spacial score (nSPS) is 14.1. The van der Waals surface area contributed by atoms with E-state index in [2.05, 4.69) is 25.9 Å². The summed E-state index contributed by atoms with van der Waals surface area (Å²) in [6.07, 6.45) is -0.697. The molecule has 3 heterocycles. The molecule has 0 aliphatic carbocycles. The van der Waals surface area contributed by atoms with E-state index in [1.54, 1.807) is 16.8 Å². The zero-order valence-corrected chi connectivity index (χ0v) is 24.5. The zero-order chi connectivity index (χ0) is 29.6. The van der Waals surface area contributed by atoms with Gasteiger partial charge >= 0.3 is 0 Å². The third-order valence-corrected chi connectivity index (χ3v) is 8.33. The fourth-order valence-corrected chi connectivity index (χ4v) is 5.93. The highest BCUT2D eigenvalue weighted by atomic mass is 32.1. The van der Waals surface area contributed by atoms with Gasteiger partial charge in [-0.2, -0.15) is 0 Å². The molecule has 11 nitrogen and oxygen atoms in total. The first kappa shape index (κ1) is 29.2. The van der Waals surface area contributed by atoms with E-state index in [0.717, 1.165) is 11.1 Å². The van der Waals surface area contributed by atoms with Crippen molar-refractivity contribution >= 4 is 40.4 Å². The lowest BCUT2D eigenvalue weighted by Crippen LogP contribution is -2.53. The molecule has 2 aromatic heterocycles. The topological polar surface area (TPSA) is 152 Å². The number of rotatable bonds is 11. The Hall–Kier alpha value is -4.33. The maximum Gasteiger partial charge on any atom is 0.271 e. The minimum atomic E-state index is -1.22. The summed E-state index contributed by atoms with van der Waals surface area (Å²) in [5.41, 5.74) is 2.10. The Morgan fingerprint density at radius 2 is 1.69 bits per heavy atom. The van der Waals surface area contributed by atoms with Crippen molar-refractivity contribution < 1.29 is 29.0 Å². The fraction of sp³-hybridized carbons (Fsp3) is 0.276. The van der Waals surface area contributed by atoms with Crippen LogP contribution in [0, 0.1) is 0 Å². The number of carbonyl (C=O) groups excluding carboxylic acids is 3. The number of aliphatic hydroxyl groups excluding tert-OH is 1. The number of aliphatic hydroxyl groups is 1. The molecule has 42 heavy (non-hydrogen) atoms. The molecule has 3 amide bonds. The molecule has 0 bridgehead atoms. The third kappa shape index (κ3) is 6.75. The summed E-state index contributed by atoms with van der Waals surface area (Å²) >= 11 is 2.55. The van der Waals surface area contributed by atoms with Crippen LogP contribution < -0.4 is 25.4 Å². The van der Waals surface area contributed by atoms with Gasteiger partial charge in [0.2, 0.25) is 12.7 Å². The predicted octanol–water partition coefficient (Wildman–Crippen LogP) is 3.67. The van der Waals surface area contributed by atoms with Crippen molar-refractivity contribution in [3.63, 3.8) is 0 Å². The van der Waals surface area contributed by atoms with E-state index in [0.29, 0.717) is 27.9 Å². The third-order valence-electron chi connectivity index (χ3n) is 6.48. The Labute approximate surface area is 249 Å². The van der Waals surface area contributed by atoms with Crippen LogP contribution in [0.2, 0.25) is 0 Å². The number of ether oxygens (including phenoxy) is 2. The van der Waals surface area contributed by atoms with Crippen molar-refractivity contribution in [3.05, 3.63) is 81.2 Å². The molecule has 4 N–H and O–H groups in total. The first-order valence-corrected chi connectivity index (χ1v) is 15.0. The Kier molecular flexibility index (Phi) is 9.10. The zero-order valence-electron chi connectivity index (χ0n) is 22.8. The van der Waals surface area contributed by atoms with Gasteiger partial charge < -0.3 is 30.5 Å². The summed E-state index contributed by atoms with van der Waals surface area (Å²) in [7, 11) is 0. The SMILES string of the molecule is CC[C@@H](NC(=O)[C@@H](NC(=O)c1csc(-c2ccccc2)n1)[C@@H](C)O)c1nc(C(=O)NCc2ccc3c(c2)OCO3)cs1. The lowest BCUT2D eigenvalue weighted by Gasteiger charge is -2.23. The van der Waals surface area contributed by atoms with Crippen LogP contribution in [0.25, 0.3) is 10.6 Å². The molecule has 0 fully saturated rings. The van der Waals surface area contributed by atoms with E-state index in [4.69, 9.17) is 9.47 Å². The molecule has 0 unspecified atom stereocenters. The Balaban J connectivity index is 1.19. The summed E-state index contributed by atoms with van der Waals surface area (Å²) in [5, 5.41) is 23.0. The van der Waals surface area contributed by atoms with Crippen molar-refractivity contribution in [2.45, 2.75) is 45.0 Å². The first-order valence-electron chi connectivity index (χ1n) is 13.2. The minimum Gasteiger partial charge on any atom is -0.454 e. The lowest BCUT2D eigenvalue weighted by molar-refractivity contribution is -0.126. The molecule has 0 saturated heterocycles. The van der Waals surface area contributed by atoms with Gasteiger partial charge in [-0.15, -0.1) is 22.7 Å². The summed E-state index contributed by atoms with van der Waals surface area (Å²) < 4.78 is 10.7. The number of aromatic nitrogens is 2. The number of nitrogens with one attached hydrogen (secondary N) is 3.